The zero-order valence-electron chi connectivity index (χ0n) is 17.1. The normalized spacial score (nSPS) is 22.0. The number of hydrogen-bond donors (Lipinski definition) is 2. The van der Waals surface area contributed by atoms with Crippen LogP contribution in [0.5, 0.6) is 0 Å². The van der Waals surface area contributed by atoms with Gasteiger partial charge in [0.25, 0.3) is 5.91 Å². The largest absolute Gasteiger partial charge is 0.350 e. The van der Waals surface area contributed by atoms with E-state index in [2.05, 4.69) is 49.3 Å². The Morgan fingerprint density at radius 1 is 1.14 bits per heavy atom. The van der Waals surface area contributed by atoms with Gasteiger partial charge in [-0.25, -0.2) is 0 Å². The number of benzene rings is 2. The molecule has 2 N–H and O–H groups in total. The van der Waals surface area contributed by atoms with Gasteiger partial charge in [-0.15, -0.1) is 0 Å². The van der Waals surface area contributed by atoms with Crippen molar-refractivity contribution >= 4 is 40.2 Å². The summed E-state index contributed by atoms with van der Waals surface area (Å²) >= 11 is 7.65. The van der Waals surface area contributed by atoms with Gasteiger partial charge in [-0.2, -0.15) is 0 Å². The number of carbonyl (C=O) groups excluding carboxylic acids is 1. The second-order valence-electron chi connectivity index (χ2n) is 8.28. The van der Waals surface area contributed by atoms with Crippen LogP contribution in [0.4, 0.5) is 0 Å². The lowest BCUT2D eigenvalue weighted by Crippen LogP contribution is -2.43. The Morgan fingerprint density at radius 3 is 2.66 bits per heavy atom. The topological polar surface area (TPSA) is 44.9 Å². The second-order valence-corrected chi connectivity index (χ2v) is 9.80. The van der Waals surface area contributed by atoms with Crippen molar-refractivity contribution in [1.82, 2.24) is 10.3 Å². The SMILES string of the molecule is Cc1ccc2c(Sc3ccc(Cl)cc3)c(C(=O)N[C@@H]3CCC[C@@H](C)[C@@H]3C)[nH]c2c1. The van der Waals surface area contributed by atoms with Crippen LogP contribution in [0.1, 0.15) is 49.2 Å². The van der Waals surface area contributed by atoms with Crippen LogP contribution >= 0.6 is 23.4 Å². The van der Waals surface area contributed by atoms with Crippen LogP contribution in [-0.2, 0) is 0 Å². The van der Waals surface area contributed by atoms with Crippen LogP contribution in [0.15, 0.2) is 52.3 Å². The summed E-state index contributed by atoms with van der Waals surface area (Å²) < 4.78 is 0. The molecule has 2 aromatic carbocycles. The molecule has 0 unspecified atom stereocenters. The molecule has 3 aromatic rings. The summed E-state index contributed by atoms with van der Waals surface area (Å²) in [6.07, 6.45) is 3.47. The van der Waals surface area contributed by atoms with Gasteiger partial charge in [0.15, 0.2) is 0 Å². The Balaban J connectivity index is 1.68. The van der Waals surface area contributed by atoms with E-state index < -0.39 is 0 Å². The summed E-state index contributed by atoms with van der Waals surface area (Å²) in [5.74, 6) is 1.12. The van der Waals surface area contributed by atoms with Crippen molar-refractivity contribution < 1.29 is 4.79 Å². The first-order valence-corrected chi connectivity index (χ1v) is 11.5. The van der Waals surface area contributed by atoms with Crippen molar-refractivity contribution in [2.45, 2.75) is 55.9 Å². The number of amides is 1. The molecule has 0 radical (unpaired) electrons. The summed E-state index contributed by atoms with van der Waals surface area (Å²) in [6, 6.07) is 14.3. The maximum Gasteiger partial charge on any atom is 0.269 e. The van der Waals surface area contributed by atoms with Crippen molar-refractivity contribution in [3.05, 3.63) is 58.7 Å². The zero-order valence-corrected chi connectivity index (χ0v) is 18.7. The molecule has 5 heteroatoms. The van der Waals surface area contributed by atoms with E-state index in [1.54, 1.807) is 11.8 Å². The molecule has 1 amide bonds. The second kappa shape index (κ2) is 8.45. The van der Waals surface area contributed by atoms with Gasteiger partial charge < -0.3 is 10.3 Å². The van der Waals surface area contributed by atoms with E-state index >= 15 is 0 Å². The third-order valence-corrected chi connectivity index (χ3v) is 7.58. The Labute approximate surface area is 181 Å². The highest BCUT2D eigenvalue weighted by Crippen LogP contribution is 2.38. The quantitative estimate of drug-likeness (QED) is 0.479. The van der Waals surface area contributed by atoms with Gasteiger partial charge in [0, 0.05) is 26.9 Å². The molecule has 0 bridgehead atoms. The number of aromatic nitrogens is 1. The van der Waals surface area contributed by atoms with E-state index in [9.17, 15) is 4.79 Å². The van der Waals surface area contributed by atoms with Crippen LogP contribution in [0, 0.1) is 18.8 Å². The van der Waals surface area contributed by atoms with Gasteiger partial charge in [0.05, 0.1) is 4.90 Å². The molecular weight excluding hydrogens is 400 g/mol. The maximum atomic E-state index is 13.3. The van der Waals surface area contributed by atoms with Crippen molar-refractivity contribution in [2.75, 3.05) is 0 Å². The minimum atomic E-state index is -0.0127. The molecule has 4 rings (SSSR count). The Kier molecular flexibility index (Phi) is 5.93. The fourth-order valence-electron chi connectivity index (χ4n) is 4.20. The summed E-state index contributed by atoms with van der Waals surface area (Å²) in [6.45, 7) is 6.61. The van der Waals surface area contributed by atoms with E-state index in [1.165, 1.54) is 18.4 Å². The van der Waals surface area contributed by atoms with E-state index in [0.717, 1.165) is 27.1 Å². The lowest BCUT2D eigenvalue weighted by atomic mass is 9.78. The molecule has 3 nitrogen and oxygen atoms in total. The highest BCUT2D eigenvalue weighted by molar-refractivity contribution is 7.99. The Morgan fingerprint density at radius 2 is 1.90 bits per heavy atom. The van der Waals surface area contributed by atoms with Crippen LogP contribution in [-0.4, -0.2) is 16.9 Å². The number of rotatable bonds is 4. The molecule has 1 aliphatic rings. The molecule has 1 heterocycles. The van der Waals surface area contributed by atoms with Crippen molar-refractivity contribution in [2.24, 2.45) is 11.8 Å². The number of nitrogens with one attached hydrogen (secondary N) is 2. The molecule has 152 valence electrons. The number of halogens is 1. The highest BCUT2D eigenvalue weighted by atomic mass is 35.5. The molecular formula is C24H27ClN2OS. The number of aryl methyl sites for hydroxylation is 1. The zero-order chi connectivity index (χ0) is 20.5. The predicted molar refractivity (Wildman–Crippen MR) is 122 cm³/mol. The van der Waals surface area contributed by atoms with Crippen LogP contribution in [0.25, 0.3) is 10.9 Å². The molecule has 1 fully saturated rings. The highest BCUT2D eigenvalue weighted by Gasteiger charge is 2.29. The first-order valence-electron chi connectivity index (χ1n) is 10.3. The van der Waals surface area contributed by atoms with E-state index in [0.29, 0.717) is 22.6 Å². The maximum absolute atomic E-state index is 13.3. The molecule has 0 aliphatic heterocycles. The molecule has 1 aliphatic carbocycles. The molecule has 29 heavy (non-hydrogen) atoms. The van der Waals surface area contributed by atoms with Crippen LogP contribution < -0.4 is 5.32 Å². The van der Waals surface area contributed by atoms with Gasteiger partial charge in [0.2, 0.25) is 0 Å². The van der Waals surface area contributed by atoms with Gasteiger partial charge in [-0.05, 0) is 61.1 Å². The Bertz CT molecular complexity index is 1030. The lowest BCUT2D eigenvalue weighted by Gasteiger charge is -2.34. The van der Waals surface area contributed by atoms with E-state index in [4.69, 9.17) is 11.6 Å². The van der Waals surface area contributed by atoms with Crippen molar-refractivity contribution in [3.8, 4) is 0 Å². The van der Waals surface area contributed by atoms with E-state index in [-0.39, 0.29) is 11.9 Å². The Hall–Kier alpha value is -1.91. The van der Waals surface area contributed by atoms with Crippen LogP contribution in [0.3, 0.4) is 0 Å². The van der Waals surface area contributed by atoms with Crippen molar-refractivity contribution in [1.29, 1.82) is 0 Å². The fourth-order valence-corrected chi connectivity index (χ4v) is 5.37. The number of carbonyl (C=O) groups is 1. The smallest absolute Gasteiger partial charge is 0.269 e. The average molecular weight is 427 g/mol. The van der Waals surface area contributed by atoms with Crippen molar-refractivity contribution in [3.63, 3.8) is 0 Å². The molecule has 3 atom stereocenters. The minimum Gasteiger partial charge on any atom is -0.350 e. The third kappa shape index (κ3) is 4.34. The first kappa shape index (κ1) is 20.4. The van der Waals surface area contributed by atoms with Gasteiger partial charge in [0.1, 0.15) is 5.69 Å². The van der Waals surface area contributed by atoms with Gasteiger partial charge >= 0.3 is 0 Å². The number of H-pyrrole nitrogens is 1. The lowest BCUT2D eigenvalue weighted by molar-refractivity contribution is 0.0884. The number of hydrogen-bond acceptors (Lipinski definition) is 2. The summed E-state index contributed by atoms with van der Waals surface area (Å²) in [5, 5.41) is 5.11. The molecule has 0 saturated heterocycles. The molecule has 1 aromatic heterocycles. The van der Waals surface area contributed by atoms with Gasteiger partial charge in [-0.3, -0.25) is 4.79 Å². The van der Waals surface area contributed by atoms with Crippen LogP contribution in [0.2, 0.25) is 5.02 Å². The van der Waals surface area contributed by atoms with E-state index in [1.807, 2.05) is 24.3 Å². The minimum absolute atomic E-state index is 0.0127. The first-order chi connectivity index (χ1) is 13.9. The molecule has 1 saturated carbocycles. The molecule has 0 spiro atoms. The van der Waals surface area contributed by atoms with Gasteiger partial charge in [-0.1, -0.05) is 62.2 Å². The number of aromatic amines is 1. The summed E-state index contributed by atoms with van der Waals surface area (Å²) in [7, 11) is 0. The fraction of sp³-hybridized carbons (Fsp3) is 0.375. The summed E-state index contributed by atoms with van der Waals surface area (Å²) in [4.78, 5) is 18.7. The monoisotopic (exact) mass is 426 g/mol. The predicted octanol–water partition coefficient (Wildman–Crippen LogP) is 6.84. The summed E-state index contributed by atoms with van der Waals surface area (Å²) in [5.41, 5.74) is 2.82. The average Bonchev–Trinajstić information content (AvgIpc) is 3.04. The third-order valence-electron chi connectivity index (χ3n) is 6.19. The standard InChI is InChI=1S/C24H27ClN2OS/c1-14-7-12-19-21(13-14)26-22(23(19)29-18-10-8-17(25)9-11-18)24(28)27-20-6-4-5-15(2)16(20)3/h7-13,15-16,20,26H,4-6H2,1-3H3,(H,27,28)/t15-,16+,20-/m1/s1. The number of fused-ring (bicyclic) bond motifs is 1.